The molecule has 0 spiro atoms. The van der Waals surface area contributed by atoms with Crippen molar-refractivity contribution in [2.24, 2.45) is 10.7 Å². The van der Waals surface area contributed by atoms with Crippen molar-refractivity contribution in [2.75, 3.05) is 44.2 Å². The third kappa shape index (κ3) is 6.12. The maximum Gasteiger partial charge on any atom is 0.405 e. The normalized spacial score (nSPS) is 16.1. The lowest BCUT2D eigenvalue weighted by molar-refractivity contribution is -0.137. The smallest absolute Gasteiger partial charge is 0.370 e. The molecule has 1 aliphatic heterocycles. The summed E-state index contributed by atoms with van der Waals surface area (Å²) in [5.74, 6) is -1.03. The predicted molar refractivity (Wildman–Crippen MR) is 85.7 cm³/mol. The van der Waals surface area contributed by atoms with Crippen molar-refractivity contribution < 1.29 is 22.4 Å². The van der Waals surface area contributed by atoms with E-state index in [2.05, 4.69) is 9.89 Å². The van der Waals surface area contributed by atoms with E-state index < -0.39 is 25.2 Å². The van der Waals surface area contributed by atoms with Gasteiger partial charge in [-0.25, -0.2) is 9.38 Å². The number of amides is 1. The number of nitrogens with one attached hydrogen (secondary N) is 1. The van der Waals surface area contributed by atoms with E-state index in [1.165, 1.54) is 12.1 Å². The number of carbonyl (C=O) groups is 1. The minimum Gasteiger partial charge on any atom is -0.370 e. The lowest BCUT2D eigenvalue weighted by atomic mass is 10.2. The van der Waals surface area contributed by atoms with Crippen LogP contribution < -0.4 is 16.0 Å². The molecule has 1 saturated heterocycles. The molecule has 1 aromatic rings. The van der Waals surface area contributed by atoms with Gasteiger partial charge in [0.15, 0.2) is 5.96 Å². The zero-order valence-corrected chi connectivity index (χ0v) is 13.4. The minimum absolute atomic E-state index is 0.112. The van der Waals surface area contributed by atoms with E-state index >= 15 is 0 Å². The molecule has 0 bridgehead atoms. The Labute approximate surface area is 142 Å². The number of nitrogens with two attached hydrogens (primary N) is 1. The molecule has 25 heavy (non-hydrogen) atoms. The number of halogens is 4. The number of nitrogens with zero attached hydrogens (tertiary/aromatic N) is 3. The van der Waals surface area contributed by atoms with Gasteiger partial charge in [-0.2, -0.15) is 13.2 Å². The van der Waals surface area contributed by atoms with Gasteiger partial charge in [-0.05, 0) is 24.3 Å². The first-order valence-corrected chi connectivity index (χ1v) is 7.63. The average Bonchev–Trinajstić information content (AvgIpc) is 2.58. The number of alkyl halides is 3. The largest absolute Gasteiger partial charge is 0.405 e. The van der Waals surface area contributed by atoms with Gasteiger partial charge in [0.05, 0.1) is 0 Å². The summed E-state index contributed by atoms with van der Waals surface area (Å²) >= 11 is 0. The molecule has 1 aliphatic rings. The molecule has 138 valence electrons. The summed E-state index contributed by atoms with van der Waals surface area (Å²) in [6.07, 6.45) is -4.46. The molecule has 0 radical (unpaired) electrons. The van der Waals surface area contributed by atoms with Crippen LogP contribution in [0.1, 0.15) is 0 Å². The number of hydrogen-bond acceptors (Lipinski definition) is 3. The molecule has 0 atom stereocenters. The molecule has 1 amide bonds. The summed E-state index contributed by atoms with van der Waals surface area (Å²) in [7, 11) is 0. The molecule has 2 rings (SSSR count). The highest BCUT2D eigenvalue weighted by Gasteiger charge is 2.27. The standard InChI is InChI=1S/C15H19F4N5O/c16-11-1-3-12(4-2-11)23-5-7-24(8-6-23)14(20)21-9-13(25)22-10-15(17,18)19/h1-4H,5-10H2,(H2,20,21)(H,22,25). The zero-order chi connectivity index (χ0) is 18.4. The Bertz CT molecular complexity index is 609. The minimum atomic E-state index is -4.46. The second kappa shape index (κ2) is 8.04. The van der Waals surface area contributed by atoms with Crippen LogP contribution in [0.15, 0.2) is 29.3 Å². The Morgan fingerprint density at radius 2 is 1.76 bits per heavy atom. The second-order valence-corrected chi connectivity index (χ2v) is 5.52. The number of guanidine groups is 1. The van der Waals surface area contributed by atoms with Gasteiger partial charge in [0.25, 0.3) is 0 Å². The van der Waals surface area contributed by atoms with Crippen molar-refractivity contribution >= 4 is 17.6 Å². The number of piperazine rings is 1. The number of benzene rings is 1. The average molecular weight is 361 g/mol. The number of rotatable bonds is 4. The number of hydrogen-bond donors (Lipinski definition) is 2. The zero-order valence-electron chi connectivity index (χ0n) is 13.4. The quantitative estimate of drug-likeness (QED) is 0.476. The van der Waals surface area contributed by atoms with Gasteiger partial charge < -0.3 is 20.9 Å². The Balaban J connectivity index is 1.79. The van der Waals surface area contributed by atoms with Crippen LogP contribution in [0.3, 0.4) is 0 Å². The fourth-order valence-corrected chi connectivity index (χ4v) is 2.35. The summed E-state index contributed by atoms with van der Waals surface area (Å²) in [4.78, 5) is 18.9. The van der Waals surface area contributed by atoms with Crippen LogP contribution >= 0.6 is 0 Å². The molecule has 0 aliphatic carbocycles. The first kappa shape index (κ1) is 18.8. The molecule has 1 fully saturated rings. The molecule has 10 heteroatoms. The number of carbonyl (C=O) groups excluding carboxylic acids is 1. The fourth-order valence-electron chi connectivity index (χ4n) is 2.35. The van der Waals surface area contributed by atoms with E-state index in [4.69, 9.17) is 5.73 Å². The number of anilines is 1. The van der Waals surface area contributed by atoms with E-state index in [1.807, 2.05) is 0 Å². The van der Waals surface area contributed by atoms with E-state index in [0.29, 0.717) is 26.2 Å². The van der Waals surface area contributed by atoms with Crippen molar-refractivity contribution in [3.8, 4) is 0 Å². The van der Waals surface area contributed by atoms with Gasteiger partial charge in [-0.1, -0.05) is 0 Å². The van der Waals surface area contributed by atoms with Crippen molar-refractivity contribution in [2.45, 2.75) is 6.18 Å². The van der Waals surface area contributed by atoms with Crippen molar-refractivity contribution in [3.63, 3.8) is 0 Å². The monoisotopic (exact) mass is 361 g/mol. The molecule has 0 saturated carbocycles. The van der Waals surface area contributed by atoms with Gasteiger partial charge in [0.1, 0.15) is 18.9 Å². The van der Waals surface area contributed by atoms with Crippen molar-refractivity contribution in [3.05, 3.63) is 30.1 Å². The summed E-state index contributed by atoms with van der Waals surface area (Å²) in [5.41, 5.74) is 6.68. The summed E-state index contributed by atoms with van der Waals surface area (Å²) in [6, 6.07) is 6.15. The topological polar surface area (TPSA) is 74.0 Å². The van der Waals surface area contributed by atoms with Crippen LogP contribution in [0, 0.1) is 5.82 Å². The predicted octanol–water partition coefficient (Wildman–Crippen LogP) is 0.941. The summed E-state index contributed by atoms with van der Waals surface area (Å²) in [6.45, 7) is 0.482. The third-order valence-corrected chi connectivity index (χ3v) is 3.67. The van der Waals surface area contributed by atoms with Gasteiger partial charge >= 0.3 is 6.18 Å². The third-order valence-electron chi connectivity index (χ3n) is 3.67. The number of aliphatic imine (C=N–C) groups is 1. The second-order valence-electron chi connectivity index (χ2n) is 5.52. The summed E-state index contributed by atoms with van der Waals surface area (Å²) < 4.78 is 48.9. The van der Waals surface area contributed by atoms with Gasteiger partial charge in [0, 0.05) is 31.9 Å². The van der Waals surface area contributed by atoms with Crippen LogP contribution in [-0.4, -0.2) is 62.2 Å². The SMILES string of the molecule is NC(=NCC(=O)NCC(F)(F)F)N1CCN(c2ccc(F)cc2)CC1. The van der Waals surface area contributed by atoms with Gasteiger partial charge in [-0.3, -0.25) is 4.79 Å². The molecule has 6 nitrogen and oxygen atoms in total. The van der Waals surface area contributed by atoms with Crippen LogP contribution in [0.2, 0.25) is 0 Å². The highest BCUT2D eigenvalue weighted by molar-refractivity contribution is 5.84. The van der Waals surface area contributed by atoms with Gasteiger partial charge in [-0.15, -0.1) is 0 Å². The Morgan fingerprint density at radius 3 is 2.32 bits per heavy atom. The van der Waals surface area contributed by atoms with Crippen LogP contribution in [0.25, 0.3) is 0 Å². The highest BCUT2D eigenvalue weighted by atomic mass is 19.4. The van der Waals surface area contributed by atoms with E-state index in [9.17, 15) is 22.4 Å². The van der Waals surface area contributed by atoms with E-state index in [-0.39, 0.29) is 11.8 Å². The van der Waals surface area contributed by atoms with Gasteiger partial charge in [0.2, 0.25) is 5.91 Å². The van der Waals surface area contributed by atoms with Crippen molar-refractivity contribution in [1.29, 1.82) is 0 Å². The first-order valence-electron chi connectivity index (χ1n) is 7.63. The van der Waals surface area contributed by atoms with Crippen molar-refractivity contribution in [1.82, 2.24) is 10.2 Å². The fraction of sp³-hybridized carbons (Fsp3) is 0.467. The Kier molecular flexibility index (Phi) is 6.05. The Hall–Kier alpha value is -2.52. The molecular formula is C15H19F4N5O. The molecular weight excluding hydrogens is 342 g/mol. The summed E-state index contributed by atoms with van der Waals surface area (Å²) in [5, 5.41) is 1.73. The molecule has 1 aromatic carbocycles. The van der Waals surface area contributed by atoms with Crippen LogP contribution in [-0.2, 0) is 4.79 Å². The van der Waals surface area contributed by atoms with Crippen LogP contribution in [0.4, 0.5) is 23.2 Å². The molecule has 0 unspecified atom stereocenters. The maximum absolute atomic E-state index is 12.9. The van der Waals surface area contributed by atoms with E-state index in [1.54, 1.807) is 22.3 Å². The maximum atomic E-state index is 12.9. The molecule has 0 aromatic heterocycles. The molecule has 3 N–H and O–H groups in total. The molecule has 1 heterocycles. The first-order chi connectivity index (χ1) is 11.7. The highest BCUT2D eigenvalue weighted by Crippen LogP contribution is 2.16. The Morgan fingerprint density at radius 1 is 1.16 bits per heavy atom. The van der Waals surface area contributed by atoms with Crippen LogP contribution in [0.5, 0.6) is 0 Å². The van der Waals surface area contributed by atoms with E-state index in [0.717, 1.165) is 5.69 Å². The lowest BCUT2D eigenvalue weighted by Gasteiger charge is -2.36. The lowest BCUT2D eigenvalue weighted by Crippen LogP contribution is -2.51.